The number of hydrazone groups is 1. The van der Waals surface area contributed by atoms with Gasteiger partial charge in [0.2, 0.25) is 0 Å². The highest BCUT2D eigenvalue weighted by Gasteiger charge is 2.43. The molecule has 1 amide bonds. The van der Waals surface area contributed by atoms with Crippen LogP contribution in [0.15, 0.2) is 92.4 Å². The first-order valence-corrected chi connectivity index (χ1v) is 12.8. The van der Waals surface area contributed by atoms with E-state index in [9.17, 15) is 4.79 Å². The number of nitrogens with zero attached hydrogens (tertiary/aromatic N) is 2. The van der Waals surface area contributed by atoms with Gasteiger partial charge < -0.3 is 0 Å². The Morgan fingerprint density at radius 2 is 1.58 bits per heavy atom. The summed E-state index contributed by atoms with van der Waals surface area (Å²) in [5, 5.41) is 6.73. The lowest BCUT2D eigenvalue weighted by atomic mass is 9.77. The maximum atomic E-state index is 13.6. The van der Waals surface area contributed by atoms with Crippen LogP contribution >= 0.6 is 31.9 Å². The predicted molar refractivity (Wildman–Crippen MR) is 141 cm³/mol. The van der Waals surface area contributed by atoms with Crippen molar-refractivity contribution in [1.29, 1.82) is 0 Å². The van der Waals surface area contributed by atoms with Gasteiger partial charge in [0, 0.05) is 20.4 Å². The molecule has 3 aromatic rings. The van der Waals surface area contributed by atoms with E-state index in [0.717, 1.165) is 50.6 Å². The number of aryl methyl sites for hydroxylation is 1. The number of amides is 1. The van der Waals surface area contributed by atoms with Gasteiger partial charge in [0.05, 0.1) is 11.8 Å². The number of carbonyl (C=O) groups excluding carboxylic acids is 1. The van der Waals surface area contributed by atoms with E-state index in [-0.39, 0.29) is 17.9 Å². The summed E-state index contributed by atoms with van der Waals surface area (Å²) in [6, 6.07) is 24.3. The van der Waals surface area contributed by atoms with Crippen molar-refractivity contribution in [2.75, 3.05) is 0 Å². The van der Waals surface area contributed by atoms with Gasteiger partial charge in [-0.1, -0.05) is 73.8 Å². The van der Waals surface area contributed by atoms with E-state index >= 15 is 0 Å². The summed E-state index contributed by atoms with van der Waals surface area (Å²) in [7, 11) is 0. The van der Waals surface area contributed by atoms with Crippen molar-refractivity contribution >= 4 is 49.6 Å². The Morgan fingerprint density at radius 3 is 2.24 bits per heavy atom. The number of allylic oxidation sites excluding steroid dienone is 1. The maximum absolute atomic E-state index is 13.6. The average molecular weight is 564 g/mol. The van der Waals surface area contributed by atoms with Gasteiger partial charge in [0.15, 0.2) is 0 Å². The van der Waals surface area contributed by atoms with E-state index in [4.69, 9.17) is 5.10 Å². The topological polar surface area (TPSA) is 32.7 Å². The Kier molecular flexibility index (Phi) is 6.35. The third-order valence-electron chi connectivity index (χ3n) is 6.43. The first kappa shape index (κ1) is 22.3. The molecule has 166 valence electrons. The monoisotopic (exact) mass is 562 g/mol. The van der Waals surface area contributed by atoms with Gasteiger partial charge >= 0.3 is 0 Å². The van der Waals surface area contributed by atoms with Crippen LogP contribution in [0.25, 0.3) is 6.08 Å². The lowest BCUT2D eigenvalue weighted by Gasteiger charge is -2.29. The molecule has 2 aliphatic rings. The largest absolute Gasteiger partial charge is 0.274 e. The van der Waals surface area contributed by atoms with Gasteiger partial charge in [-0.2, -0.15) is 5.10 Å². The van der Waals surface area contributed by atoms with Crippen LogP contribution in [0.2, 0.25) is 0 Å². The minimum Gasteiger partial charge on any atom is -0.267 e. The zero-order chi connectivity index (χ0) is 22.9. The molecule has 1 saturated carbocycles. The second-order valence-electron chi connectivity index (χ2n) is 8.72. The number of halogens is 2. The molecule has 1 aliphatic carbocycles. The van der Waals surface area contributed by atoms with Crippen molar-refractivity contribution in [3.05, 3.63) is 110 Å². The lowest BCUT2D eigenvalue weighted by Crippen LogP contribution is -2.31. The standard InChI is InChI=1S/C28H24Br2N2O/c1-18-5-9-21(10-6-18)28(33)32-27(20-11-15-24(30)16-12-20)25-4-2-3-22(26(25)31-32)17-19-7-13-23(29)14-8-19/h5-17,25,27H,2-4H2,1H3/b22-17+/t25-,27-/m0/s1. The molecule has 0 spiro atoms. The Bertz CT molecular complexity index is 1230. The van der Waals surface area contributed by atoms with Crippen LogP contribution in [-0.2, 0) is 0 Å². The number of carbonyl (C=O) groups is 1. The number of hydrogen-bond donors (Lipinski definition) is 0. The highest BCUT2D eigenvalue weighted by Crippen LogP contribution is 2.45. The van der Waals surface area contributed by atoms with Gasteiger partial charge in [0.25, 0.3) is 5.91 Å². The molecule has 0 radical (unpaired) electrons. The second-order valence-corrected chi connectivity index (χ2v) is 10.5. The zero-order valence-corrected chi connectivity index (χ0v) is 21.5. The van der Waals surface area contributed by atoms with Gasteiger partial charge in [-0.05, 0) is 85.4 Å². The van der Waals surface area contributed by atoms with Crippen molar-refractivity contribution in [3.8, 4) is 0 Å². The normalized spacial score (nSPS) is 21.1. The molecule has 0 unspecified atom stereocenters. The molecule has 3 aromatic carbocycles. The number of fused-ring (bicyclic) bond motifs is 1. The molecule has 1 fully saturated rings. The van der Waals surface area contributed by atoms with E-state index in [1.54, 1.807) is 5.01 Å². The van der Waals surface area contributed by atoms with Crippen LogP contribution in [0.1, 0.15) is 52.4 Å². The molecule has 0 N–H and O–H groups in total. The molecular weight excluding hydrogens is 540 g/mol. The van der Waals surface area contributed by atoms with Crippen molar-refractivity contribution in [3.63, 3.8) is 0 Å². The molecule has 5 heteroatoms. The molecule has 33 heavy (non-hydrogen) atoms. The summed E-state index contributed by atoms with van der Waals surface area (Å²) in [5.41, 5.74) is 6.36. The van der Waals surface area contributed by atoms with Crippen molar-refractivity contribution < 1.29 is 4.79 Å². The van der Waals surface area contributed by atoms with E-state index in [1.165, 1.54) is 5.57 Å². The molecule has 1 heterocycles. The molecule has 0 saturated heterocycles. The van der Waals surface area contributed by atoms with Gasteiger partial charge in [-0.25, -0.2) is 5.01 Å². The van der Waals surface area contributed by atoms with Crippen molar-refractivity contribution in [2.45, 2.75) is 32.2 Å². The summed E-state index contributed by atoms with van der Waals surface area (Å²) >= 11 is 7.05. The Morgan fingerprint density at radius 1 is 0.939 bits per heavy atom. The van der Waals surface area contributed by atoms with Crippen molar-refractivity contribution in [1.82, 2.24) is 5.01 Å². The van der Waals surface area contributed by atoms with Gasteiger partial charge in [-0.15, -0.1) is 0 Å². The Hall–Kier alpha value is -2.50. The number of rotatable bonds is 3. The lowest BCUT2D eigenvalue weighted by molar-refractivity contribution is 0.0681. The molecule has 0 aromatic heterocycles. The van der Waals surface area contributed by atoms with E-state index < -0.39 is 0 Å². The van der Waals surface area contributed by atoms with Crippen LogP contribution in [0.5, 0.6) is 0 Å². The summed E-state index contributed by atoms with van der Waals surface area (Å²) in [6.07, 6.45) is 5.32. The fourth-order valence-corrected chi connectivity index (χ4v) is 5.28. The van der Waals surface area contributed by atoms with E-state index in [2.05, 4.69) is 74.3 Å². The molecule has 1 aliphatic heterocycles. The SMILES string of the molecule is Cc1ccc(C(=O)N2N=C3/C(=C/c4ccc(Br)cc4)CCC[C@@H]3[C@@H]2c2ccc(Br)cc2)cc1. The first-order chi connectivity index (χ1) is 16.0. The smallest absolute Gasteiger partial charge is 0.267 e. The van der Waals surface area contributed by atoms with E-state index in [1.807, 2.05) is 43.3 Å². The number of hydrogen-bond acceptors (Lipinski definition) is 2. The predicted octanol–water partition coefficient (Wildman–Crippen LogP) is 7.96. The van der Waals surface area contributed by atoms with Crippen LogP contribution < -0.4 is 0 Å². The zero-order valence-electron chi connectivity index (χ0n) is 18.3. The molecule has 5 rings (SSSR count). The molecule has 0 bridgehead atoms. The fraction of sp³-hybridized carbons (Fsp3) is 0.214. The van der Waals surface area contributed by atoms with Crippen LogP contribution in [0.4, 0.5) is 0 Å². The molecule has 3 nitrogen and oxygen atoms in total. The number of benzene rings is 3. The second kappa shape index (κ2) is 9.40. The van der Waals surface area contributed by atoms with Crippen LogP contribution in [-0.4, -0.2) is 16.6 Å². The van der Waals surface area contributed by atoms with Crippen LogP contribution in [0.3, 0.4) is 0 Å². The summed E-state index contributed by atoms with van der Waals surface area (Å²) < 4.78 is 2.09. The third-order valence-corrected chi connectivity index (χ3v) is 7.49. The highest BCUT2D eigenvalue weighted by molar-refractivity contribution is 9.10. The summed E-state index contributed by atoms with van der Waals surface area (Å²) in [4.78, 5) is 13.6. The van der Waals surface area contributed by atoms with Crippen LogP contribution in [0, 0.1) is 12.8 Å². The average Bonchev–Trinajstić information content (AvgIpc) is 3.22. The first-order valence-electron chi connectivity index (χ1n) is 11.2. The van der Waals surface area contributed by atoms with Crippen molar-refractivity contribution in [2.24, 2.45) is 11.0 Å². The Labute approximate surface area is 211 Å². The molecular formula is C28H24Br2N2O. The van der Waals surface area contributed by atoms with E-state index in [0.29, 0.717) is 5.56 Å². The molecule has 2 atom stereocenters. The highest BCUT2D eigenvalue weighted by atomic mass is 79.9. The summed E-state index contributed by atoms with van der Waals surface area (Å²) in [5.74, 6) is 0.142. The Balaban J connectivity index is 1.57. The fourth-order valence-electron chi connectivity index (χ4n) is 4.75. The van der Waals surface area contributed by atoms with Gasteiger partial charge in [0.1, 0.15) is 0 Å². The minimum atomic E-state index is -0.101. The maximum Gasteiger partial charge on any atom is 0.274 e. The quantitative estimate of drug-likeness (QED) is 0.318. The minimum absolute atomic E-state index is 0.0483. The van der Waals surface area contributed by atoms with Gasteiger partial charge in [-0.3, -0.25) is 4.79 Å². The summed E-state index contributed by atoms with van der Waals surface area (Å²) in [6.45, 7) is 2.03. The third kappa shape index (κ3) is 4.62.